The topological polar surface area (TPSA) is 12.4 Å². The summed E-state index contributed by atoms with van der Waals surface area (Å²) in [6.45, 7) is 20.7. The third-order valence-electron chi connectivity index (χ3n) is 6.16. The summed E-state index contributed by atoms with van der Waals surface area (Å²) in [6, 6.07) is 0. The molecule has 0 amide bonds. The van der Waals surface area contributed by atoms with Gasteiger partial charge in [-0.15, -0.1) is 0 Å². The summed E-state index contributed by atoms with van der Waals surface area (Å²) < 4.78 is 0. The van der Waals surface area contributed by atoms with Gasteiger partial charge in [0.25, 0.3) is 0 Å². The molecule has 1 saturated carbocycles. The van der Waals surface area contributed by atoms with Gasteiger partial charge in [0.1, 0.15) is 0 Å². The van der Waals surface area contributed by atoms with Gasteiger partial charge in [0.05, 0.1) is 5.54 Å². The number of hydrogen-bond acceptors (Lipinski definition) is 1. The zero-order valence-electron chi connectivity index (χ0n) is 14.4. The van der Waals surface area contributed by atoms with Crippen LogP contribution < -0.4 is 0 Å². The van der Waals surface area contributed by atoms with E-state index >= 15 is 0 Å². The van der Waals surface area contributed by atoms with Crippen molar-refractivity contribution in [3.05, 3.63) is 0 Å². The minimum absolute atomic E-state index is 0.105. The second kappa shape index (κ2) is 5.22. The van der Waals surface area contributed by atoms with E-state index < -0.39 is 0 Å². The number of rotatable bonds is 4. The summed E-state index contributed by atoms with van der Waals surface area (Å²) in [6.07, 6.45) is 7.67. The standard InChI is InChI=1S/C18H35N/c1-15(2,3)16(4,5)14-17(6,7)18(19-8)12-10-9-11-13-18/h8-14H2,1-7H3. The maximum absolute atomic E-state index is 4.67. The molecule has 0 aromatic rings. The molecule has 0 N–H and O–H groups in total. The van der Waals surface area contributed by atoms with Crippen LogP contribution in [0, 0.1) is 16.2 Å². The highest BCUT2D eigenvalue weighted by molar-refractivity contribution is 5.28. The van der Waals surface area contributed by atoms with Crippen molar-refractivity contribution in [1.82, 2.24) is 0 Å². The first-order chi connectivity index (χ1) is 8.47. The summed E-state index contributed by atoms with van der Waals surface area (Å²) in [5.41, 5.74) is 0.965. The van der Waals surface area contributed by atoms with Crippen LogP contribution >= 0.6 is 0 Å². The Labute approximate surface area is 121 Å². The highest BCUT2D eigenvalue weighted by Crippen LogP contribution is 2.54. The van der Waals surface area contributed by atoms with Gasteiger partial charge < -0.3 is 0 Å². The van der Waals surface area contributed by atoms with E-state index in [2.05, 4.69) is 60.2 Å². The Morgan fingerprint density at radius 2 is 1.37 bits per heavy atom. The van der Waals surface area contributed by atoms with Crippen molar-refractivity contribution < 1.29 is 0 Å². The first kappa shape index (κ1) is 16.7. The van der Waals surface area contributed by atoms with Crippen LogP contribution in [0.25, 0.3) is 0 Å². The van der Waals surface area contributed by atoms with Gasteiger partial charge in [-0.3, -0.25) is 4.99 Å². The molecule has 112 valence electrons. The minimum Gasteiger partial charge on any atom is -0.294 e. The summed E-state index contributed by atoms with van der Waals surface area (Å²) in [5, 5.41) is 0. The molecule has 0 spiro atoms. The molecule has 0 radical (unpaired) electrons. The van der Waals surface area contributed by atoms with E-state index in [0.29, 0.717) is 10.8 Å². The molecular formula is C18H35N. The monoisotopic (exact) mass is 265 g/mol. The SMILES string of the molecule is C=NC1(C(C)(C)CC(C)(C)C(C)(C)C)CCCCC1. The molecule has 0 atom stereocenters. The number of hydrogen-bond donors (Lipinski definition) is 0. The van der Waals surface area contributed by atoms with Crippen LogP contribution in [-0.2, 0) is 0 Å². The molecule has 0 aromatic carbocycles. The van der Waals surface area contributed by atoms with Crippen LogP contribution in [0.15, 0.2) is 4.99 Å². The van der Waals surface area contributed by atoms with Gasteiger partial charge in [0.15, 0.2) is 0 Å². The van der Waals surface area contributed by atoms with Crippen molar-refractivity contribution in [2.75, 3.05) is 0 Å². The maximum Gasteiger partial charge on any atom is 0.0651 e. The third kappa shape index (κ3) is 3.23. The predicted octanol–water partition coefficient (Wildman–Crippen LogP) is 5.88. The third-order valence-corrected chi connectivity index (χ3v) is 6.16. The molecule has 19 heavy (non-hydrogen) atoms. The molecule has 0 unspecified atom stereocenters. The van der Waals surface area contributed by atoms with E-state index in [4.69, 9.17) is 0 Å². The Morgan fingerprint density at radius 3 is 1.74 bits per heavy atom. The lowest BCUT2D eigenvalue weighted by Gasteiger charge is -2.52. The van der Waals surface area contributed by atoms with E-state index in [1.165, 1.54) is 38.5 Å². The number of aliphatic imine (C=N–C) groups is 1. The summed E-state index contributed by atoms with van der Waals surface area (Å²) >= 11 is 0. The average Bonchev–Trinajstić information content (AvgIpc) is 2.27. The van der Waals surface area contributed by atoms with Crippen LogP contribution in [0.3, 0.4) is 0 Å². The molecule has 1 aliphatic rings. The van der Waals surface area contributed by atoms with E-state index in [1.54, 1.807) is 0 Å². The smallest absolute Gasteiger partial charge is 0.0651 e. The Morgan fingerprint density at radius 1 is 0.895 bits per heavy atom. The van der Waals surface area contributed by atoms with Crippen LogP contribution in [0.5, 0.6) is 0 Å². The largest absolute Gasteiger partial charge is 0.294 e. The predicted molar refractivity (Wildman–Crippen MR) is 87.0 cm³/mol. The highest BCUT2D eigenvalue weighted by atomic mass is 14.9. The second-order valence-electron chi connectivity index (χ2n) is 8.94. The Hall–Kier alpha value is -0.330. The van der Waals surface area contributed by atoms with Gasteiger partial charge in [-0.1, -0.05) is 67.7 Å². The fourth-order valence-corrected chi connectivity index (χ4v) is 3.72. The van der Waals surface area contributed by atoms with Crippen molar-refractivity contribution in [1.29, 1.82) is 0 Å². The van der Waals surface area contributed by atoms with Crippen LogP contribution in [0.1, 0.15) is 87.0 Å². The summed E-state index contributed by atoms with van der Waals surface area (Å²) in [7, 11) is 0. The zero-order chi connectivity index (χ0) is 14.9. The van der Waals surface area contributed by atoms with Gasteiger partial charge >= 0.3 is 0 Å². The van der Waals surface area contributed by atoms with Crippen LogP contribution in [-0.4, -0.2) is 12.3 Å². The lowest BCUT2D eigenvalue weighted by atomic mass is 9.55. The summed E-state index contributed by atoms with van der Waals surface area (Å²) in [5.74, 6) is 0. The molecule has 1 nitrogen and oxygen atoms in total. The van der Waals surface area contributed by atoms with Crippen molar-refractivity contribution in [2.45, 2.75) is 92.5 Å². The first-order valence-corrected chi connectivity index (χ1v) is 7.95. The zero-order valence-corrected chi connectivity index (χ0v) is 14.4. The van der Waals surface area contributed by atoms with E-state index in [1.807, 2.05) is 0 Å². The Bertz CT molecular complexity index is 311. The van der Waals surface area contributed by atoms with Gasteiger partial charge in [0.2, 0.25) is 0 Å². The van der Waals surface area contributed by atoms with E-state index in [-0.39, 0.29) is 11.0 Å². The lowest BCUT2D eigenvalue weighted by Crippen LogP contribution is -2.48. The van der Waals surface area contributed by atoms with E-state index in [0.717, 1.165) is 0 Å². The Kier molecular flexibility index (Phi) is 4.59. The molecule has 0 aromatic heterocycles. The fraction of sp³-hybridized carbons (Fsp3) is 0.944. The maximum atomic E-state index is 4.67. The van der Waals surface area contributed by atoms with Crippen LogP contribution in [0.2, 0.25) is 0 Å². The quantitative estimate of drug-likeness (QED) is 0.563. The van der Waals surface area contributed by atoms with Gasteiger partial charge in [-0.05, 0) is 42.2 Å². The molecule has 1 fully saturated rings. The lowest BCUT2D eigenvalue weighted by molar-refractivity contribution is 0.0131. The molecule has 0 bridgehead atoms. The molecule has 1 rings (SSSR count). The number of nitrogens with zero attached hydrogens (tertiary/aromatic N) is 1. The normalized spacial score (nSPS) is 21.2. The van der Waals surface area contributed by atoms with Crippen molar-refractivity contribution in [3.8, 4) is 0 Å². The molecule has 0 aliphatic heterocycles. The van der Waals surface area contributed by atoms with E-state index in [9.17, 15) is 0 Å². The fourth-order valence-electron chi connectivity index (χ4n) is 3.72. The van der Waals surface area contributed by atoms with Crippen molar-refractivity contribution in [3.63, 3.8) is 0 Å². The Balaban J connectivity index is 2.99. The van der Waals surface area contributed by atoms with Gasteiger partial charge in [-0.2, -0.15) is 0 Å². The van der Waals surface area contributed by atoms with Crippen LogP contribution in [0.4, 0.5) is 0 Å². The van der Waals surface area contributed by atoms with Crippen molar-refractivity contribution >= 4 is 6.72 Å². The highest BCUT2D eigenvalue weighted by Gasteiger charge is 2.49. The van der Waals surface area contributed by atoms with Gasteiger partial charge in [0, 0.05) is 0 Å². The minimum atomic E-state index is 0.105. The molecule has 0 saturated heterocycles. The second-order valence-corrected chi connectivity index (χ2v) is 8.94. The molecule has 1 aliphatic carbocycles. The molecule has 1 heteroatoms. The molecular weight excluding hydrogens is 230 g/mol. The molecule has 0 heterocycles. The average molecular weight is 265 g/mol. The van der Waals surface area contributed by atoms with Gasteiger partial charge in [-0.25, -0.2) is 0 Å². The summed E-state index contributed by atoms with van der Waals surface area (Å²) in [4.78, 5) is 4.67. The van der Waals surface area contributed by atoms with Crippen molar-refractivity contribution in [2.24, 2.45) is 21.2 Å². The first-order valence-electron chi connectivity index (χ1n) is 7.95.